The van der Waals surface area contributed by atoms with E-state index in [1.807, 2.05) is 42.5 Å². The van der Waals surface area contributed by atoms with Crippen molar-refractivity contribution in [3.63, 3.8) is 0 Å². The third-order valence-corrected chi connectivity index (χ3v) is 4.08. The summed E-state index contributed by atoms with van der Waals surface area (Å²) in [6.45, 7) is 2.60. The van der Waals surface area contributed by atoms with Crippen LogP contribution in [0.25, 0.3) is 10.9 Å². The maximum Gasteiger partial charge on any atom is 0.340 e. The van der Waals surface area contributed by atoms with E-state index in [9.17, 15) is 4.79 Å². The molecule has 3 aromatic rings. The van der Waals surface area contributed by atoms with Crippen LogP contribution in [0, 0.1) is 0 Å². The van der Waals surface area contributed by atoms with Gasteiger partial charge in [0.1, 0.15) is 12.4 Å². The van der Waals surface area contributed by atoms with Gasteiger partial charge in [0, 0.05) is 16.1 Å². The average molecular weight is 374 g/mol. The summed E-state index contributed by atoms with van der Waals surface area (Å²) in [5.74, 6) is 0.351. The standard InChI is InChI=1S/C18H16BrNO3/c1-2-22-18(21)15-10-20-17-14(15)8-13(9-16(17)19)23-11-12-6-4-3-5-7-12/h3-10,20H,2,11H2,1H3. The molecule has 3 rings (SSSR count). The minimum absolute atomic E-state index is 0.342. The number of rotatable bonds is 5. The molecule has 0 fully saturated rings. The van der Waals surface area contributed by atoms with Crippen LogP contribution in [0.4, 0.5) is 0 Å². The minimum atomic E-state index is -0.342. The first-order chi connectivity index (χ1) is 11.2. The molecule has 0 amide bonds. The average Bonchev–Trinajstić information content (AvgIpc) is 2.99. The maximum atomic E-state index is 12.0. The summed E-state index contributed by atoms with van der Waals surface area (Å²) in [7, 11) is 0. The van der Waals surface area contributed by atoms with E-state index >= 15 is 0 Å². The first-order valence-corrected chi connectivity index (χ1v) is 8.13. The van der Waals surface area contributed by atoms with Gasteiger partial charge in [-0.05, 0) is 40.5 Å². The lowest BCUT2D eigenvalue weighted by Crippen LogP contribution is -2.03. The number of carbonyl (C=O) groups is 1. The van der Waals surface area contributed by atoms with Crippen molar-refractivity contribution in [3.05, 3.63) is 64.3 Å². The SMILES string of the molecule is CCOC(=O)c1c[nH]c2c(Br)cc(OCc3ccccc3)cc12. The van der Waals surface area contributed by atoms with Crippen molar-refractivity contribution in [1.82, 2.24) is 4.98 Å². The van der Waals surface area contributed by atoms with Crippen molar-refractivity contribution in [1.29, 1.82) is 0 Å². The number of esters is 1. The molecule has 0 atom stereocenters. The number of aromatic amines is 1. The van der Waals surface area contributed by atoms with Gasteiger partial charge in [-0.15, -0.1) is 0 Å². The highest BCUT2D eigenvalue weighted by Crippen LogP contribution is 2.31. The predicted octanol–water partition coefficient (Wildman–Crippen LogP) is 4.69. The summed E-state index contributed by atoms with van der Waals surface area (Å²) in [5.41, 5.74) is 2.44. The monoisotopic (exact) mass is 373 g/mol. The van der Waals surface area contributed by atoms with Crippen molar-refractivity contribution in [2.24, 2.45) is 0 Å². The molecular weight excluding hydrogens is 358 g/mol. The van der Waals surface area contributed by atoms with Crippen molar-refractivity contribution in [3.8, 4) is 5.75 Å². The molecule has 0 spiro atoms. The van der Waals surface area contributed by atoms with Gasteiger partial charge in [0.05, 0.1) is 17.7 Å². The molecule has 1 heterocycles. The second-order valence-corrected chi connectivity index (χ2v) is 5.88. The van der Waals surface area contributed by atoms with E-state index in [1.165, 1.54) is 0 Å². The quantitative estimate of drug-likeness (QED) is 0.660. The van der Waals surface area contributed by atoms with Gasteiger partial charge in [-0.25, -0.2) is 4.79 Å². The molecule has 23 heavy (non-hydrogen) atoms. The number of ether oxygens (including phenoxy) is 2. The Morgan fingerprint density at radius 3 is 2.74 bits per heavy atom. The number of hydrogen-bond acceptors (Lipinski definition) is 3. The molecule has 0 radical (unpaired) electrons. The normalized spacial score (nSPS) is 10.7. The first kappa shape index (κ1) is 15.6. The van der Waals surface area contributed by atoms with Gasteiger partial charge in [-0.1, -0.05) is 30.3 Å². The number of nitrogens with one attached hydrogen (secondary N) is 1. The van der Waals surface area contributed by atoms with Crippen molar-refractivity contribution in [2.75, 3.05) is 6.61 Å². The molecule has 0 saturated carbocycles. The van der Waals surface area contributed by atoms with Gasteiger partial charge in [0.15, 0.2) is 0 Å². The molecule has 1 aromatic heterocycles. The van der Waals surface area contributed by atoms with E-state index in [1.54, 1.807) is 13.1 Å². The summed E-state index contributed by atoms with van der Waals surface area (Å²) in [6.07, 6.45) is 1.66. The number of fused-ring (bicyclic) bond motifs is 1. The molecule has 0 bridgehead atoms. The highest BCUT2D eigenvalue weighted by molar-refractivity contribution is 9.10. The van der Waals surface area contributed by atoms with Crippen LogP contribution in [0.15, 0.2) is 53.1 Å². The third kappa shape index (κ3) is 3.40. The Labute approximate surface area is 142 Å². The van der Waals surface area contributed by atoms with Gasteiger partial charge in [0.25, 0.3) is 0 Å². The largest absolute Gasteiger partial charge is 0.489 e. The van der Waals surface area contributed by atoms with Crippen molar-refractivity contribution >= 4 is 32.8 Å². The molecule has 0 aliphatic rings. The van der Waals surface area contributed by atoms with Gasteiger partial charge in [-0.3, -0.25) is 0 Å². The Balaban J connectivity index is 1.89. The van der Waals surface area contributed by atoms with Crippen LogP contribution in [0.2, 0.25) is 0 Å². The summed E-state index contributed by atoms with van der Waals surface area (Å²) >= 11 is 3.51. The fourth-order valence-corrected chi connectivity index (χ4v) is 2.92. The number of halogens is 1. The highest BCUT2D eigenvalue weighted by Gasteiger charge is 2.16. The van der Waals surface area contributed by atoms with Crippen molar-refractivity contribution < 1.29 is 14.3 Å². The van der Waals surface area contributed by atoms with E-state index in [-0.39, 0.29) is 5.97 Å². The Morgan fingerprint density at radius 1 is 1.22 bits per heavy atom. The molecule has 0 saturated heterocycles. The van der Waals surface area contributed by atoms with Crippen LogP contribution in [-0.4, -0.2) is 17.6 Å². The minimum Gasteiger partial charge on any atom is -0.489 e. The van der Waals surface area contributed by atoms with E-state index in [4.69, 9.17) is 9.47 Å². The molecular formula is C18H16BrNO3. The zero-order valence-corrected chi connectivity index (χ0v) is 14.2. The van der Waals surface area contributed by atoms with E-state index in [0.717, 1.165) is 20.9 Å². The molecule has 2 aromatic carbocycles. The van der Waals surface area contributed by atoms with Gasteiger partial charge < -0.3 is 14.5 Å². The zero-order valence-electron chi connectivity index (χ0n) is 12.6. The summed E-state index contributed by atoms with van der Waals surface area (Å²) < 4.78 is 11.8. The predicted molar refractivity (Wildman–Crippen MR) is 92.7 cm³/mol. The van der Waals surface area contributed by atoms with E-state index in [2.05, 4.69) is 20.9 Å². The molecule has 0 unspecified atom stereocenters. The number of aromatic nitrogens is 1. The lowest BCUT2D eigenvalue weighted by Gasteiger charge is -2.08. The Morgan fingerprint density at radius 2 is 2.00 bits per heavy atom. The fourth-order valence-electron chi connectivity index (χ4n) is 2.36. The maximum absolute atomic E-state index is 12.0. The first-order valence-electron chi connectivity index (χ1n) is 7.33. The van der Waals surface area contributed by atoms with Gasteiger partial charge in [0.2, 0.25) is 0 Å². The zero-order chi connectivity index (χ0) is 16.2. The molecule has 5 heteroatoms. The highest BCUT2D eigenvalue weighted by atomic mass is 79.9. The smallest absolute Gasteiger partial charge is 0.340 e. The molecule has 4 nitrogen and oxygen atoms in total. The number of H-pyrrole nitrogens is 1. The lowest BCUT2D eigenvalue weighted by atomic mass is 10.1. The van der Waals surface area contributed by atoms with Crippen LogP contribution >= 0.6 is 15.9 Å². The Hall–Kier alpha value is -2.27. The molecule has 1 N–H and O–H groups in total. The Bertz CT molecular complexity index is 827. The Kier molecular flexibility index (Phi) is 4.67. The molecule has 0 aliphatic carbocycles. The summed E-state index contributed by atoms with van der Waals surface area (Å²) in [6, 6.07) is 13.7. The van der Waals surface area contributed by atoms with Gasteiger partial charge >= 0.3 is 5.97 Å². The van der Waals surface area contributed by atoms with Crippen LogP contribution in [0.3, 0.4) is 0 Å². The molecule has 118 valence electrons. The number of hydrogen-bond donors (Lipinski definition) is 1. The summed E-state index contributed by atoms with van der Waals surface area (Å²) in [5, 5.41) is 0.779. The fraction of sp³-hybridized carbons (Fsp3) is 0.167. The van der Waals surface area contributed by atoms with Crippen molar-refractivity contribution in [2.45, 2.75) is 13.5 Å². The lowest BCUT2D eigenvalue weighted by molar-refractivity contribution is 0.0529. The third-order valence-electron chi connectivity index (χ3n) is 3.46. The topological polar surface area (TPSA) is 51.3 Å². The van der Waals surface area contributed by atoms with E-state index < -0.39 is 0 Å². The van der Waals surface area contributed by atoms with Crippen LogP contribution in [0.5, 0.6) is 5.75 Å². The molecule has 0 aliphatic heterocycles. The van der Waals surface area contributed by atoms with Gasteiger partial charge in [-0.2, -0.15) is 0 Å². The van der Waals surface area contributed by atoms with E-state index in [0.29, 0.717) is 24.5 Å². The second-order valence-electron chi connectivity index (χ2n) is 5.02. The summed E-state index contributed by atoms with van der Waals surface area (Å²) in [4.78, 5) is 15.1. The number of benzene rings is 2. The number of carbonyl (C=O) groups excluding carboxylic acids is 1. The van der Waals surface area contributed by atoms with Crippen LogP contribution in [0.1, 0.15) is 22.8 Å². The second kappa shape index (κ2) is 6.87. The van der Waals surface area contributed by atoms with Crippen LogP contribution < -0.4 is 4.74 Å². The van der Waals surface area contributed by atoms with Crippen LogP contribution in [-0.2, 0) is 11.3 Å².